The third kappa shape index (κ3) is 4.51. The maximum absolute atomic E-state index is 3.92. The van der Waals surface area contributed by atoms with Gasteiger partial charge in [-0.05, 0) is 69.0 Å². The first kappa shape index (κ1) is 29.4. The second-order valence-corrected chi connectivity index (χ2v) is 14.7. The molecule has 2 nitrogen and oxygen atoms in total. The summed E-state index contributed by atoms with van der Waals surface area (Å²) in [5.74, 6) is 0. The number of anilines is 2. The van der Waals surface area contributed by atoms with Crippen LogP contribution in [0.3, 0.4) is 0 Å². The number of rotatable bonds is 5. The number of thiophene rings is 1. The minimum Gasteiger partial charge on any atom is -0.355 e. The Morgan fingerprint density at radius 3 is 1.96 bits per heavy atom. The van der Waals surface area contributed by atoms with Crippen LogP contribution in [0, 0.1) is 0 Å². The summed E-state index contributed by atoms with van der Waals surface area (Å²) in [6, 6.07) is 63.9. The lowest BCUT2D eigenvalue weighted by atomic mass is 9.58. The molecular formula is C48H30BN2S. The van der Waals surface area contributed by atoms with Crippen LogP contribution in [0.4, 0.5) is 11.4 Å². The van der Waals surface area contributed by atoms with Gasteiger partial charge in [0.1, 0.15) is 0 Å². The van der Waals surface area contributed by atoms with Crippen LogP contribution in [-0.4, -0.2) is 11.8 Å². The molecule has 0 saturated heterocycles. The van der Waals surface area contributed by atoms with E-state index in [0.717, 1.165) is 11.4 Å². The first-order valence-corrected chi connectivity index (χ1v) is 18.6. The lowest BCUT2D eigenvalue weighted by molar-refractivity contribution is 1.20. The van der Waals surface area contributed by atoms with Crippen LogP contribution in [0.2, 0.25) is 0 Å². The van der Waals surface area contributed by atoms with Crippen molar-refractivity contribution in [3.05, 3.63) is 176 Å². The van der Waals surface area contributed by atoms with E-state index in [2.05, 4.69) is 193 Å². The molecule has 0 atom stereocenters. The standard InChI is InChI=1S/C48H30BN2S/c1-3-12-30(13-4-1)32-22-25-35(26-23-32)50-45-36-17-8-7-16-33(36)24-27-37(45)40-28-34(31-14-5-2-6-15-31)29-42-44(40)49-41-20-11-19-39-46(41)51(42)47-38-18-9-10-21-43(38)52-48(39)47/h1-29,50H. The zero-order valence-electron chi connectivity index (χ0n) is 28.2. The van der Waals surface area contributed by atoms with Crippen molar-refractivity contribution in [2.45, 2.75) is 0 Å². The number of nitrogens with zero attached hydrogens (tertiary/aromatic N) is 1. The predicted molar refractivity (Wildman–Crippen MR) is 225 cm³/mol. The molecule has 0 unspecified atom stereocenters. The molecule has 0 saturated carbocycles. The molecular weight excluding hydrogens is 647 g/mol. The van der Waals surface area contributed by atoms with E-state index in [1.54, 1.807) is 0 Å². The minimum atomic E-state index is 1.05. The molecule has 1 aliphatic rings. The number of para-hydroxylation sites is 1. The van der Waals surface area contributed by atoms with E-state index < -0.39 is 0 Å². The van der Waals surface area contributed by atoms with E-state index in [-0.39, 0.29) is 0 Å². The normalized spacial score (nSPS) is 12.0. The van der Waals surface area contributed by atoms with Gasteiger partial charge in [0.05, 0.1) is 15.9 Å². The van der Waals surface area contributed by atoms with Gasteiger partial charge in [0.25, 0.3) is 0 Å². The topological polar surface area (TPSA) is 17.0 Å². The predicted octanol–water partition coefficient (Wildman–Crippen LogP) is 11.9. The minimum absolute atomic E-state index is 1.05. The van der Waals surface area contributed by atoms with Gasteiger partial charge in [0, 0.05) is 43.3 Å². The molecule has 0 spiro atoms. The Labute approximate surface area is 306 Å². The summed E-state index contributed by atoms with van der Waals surface area (Å²) in [5.41, 5.74) is 15.6. The van der Waals surface area contributed by atoms with Crippen molar-refractivity contribution in [3.63, 3.8) is 0 Å². The summed E-state index contributed by atoms with van der Waals surface area (Å²) in [6.07, 6.45) is 0. The molecule has 1 aliphatic heterocycles. The molecule has 241 valence electrons. The Morgan fingerprint density at radius 1 is 0.481 bits per heavy atom. The van der Waals surface area contributed by atoms with Gasteiger partial charge >= 0.3 is 0 Å². The van der Waals surface area contributed by atoms with Crippen LogP contribution in [0.25, 0.3) is 81.0 Å². The van der Waals surface area contributed by atoms with Crippen molar-refractivity contribution in [2.75, 3.05) is 5.32 Å². The van der Waals surface area contributed by atoms with Crippen molar-refractivity contribution in [1.29, 1.82) is 0 Å². The average molecular weight is 678 g/mol. The van der Waals surface area contributed by atoms with E-state index >= 15 is 0 Å². The summed E-state index contributed by atoms with van der Waals surface area (Å²) in [7, 11) is 2.42. The molecule has 3 heterocycles. The number of aromatic nitrogens is 1. The highest BCUT2D eigenvalue weighted by Gasteiger charge is 2.29. The van der Waals surface area contributed by atoms with Crippen molar-refractivity contribution < 1.29 is 0 Å². The Bertz CT molecular complexity index is 2990. The Morgan fingerprint density at radius 2 is 1.15 bits per heavy atom. The number of nitrogens with one attached hydrogen (secondary N) is 1. The number of hydrogen-bond acceptors (Lipinski definition) is 2. The van der Waals surface area contributed by atoms with Gasteiger partial charge in [-0.2, -0.15) is 0 Å². The van der Waals surface area contributed by atoms with Gasteiger partial charge < -0.3 is 9.88 Å². The van der Waals surface area contributed by atoms with Gasteiger partial charge in [-0.3, -0.25) is 0 Å². The first-order chi connectivity index (χ1) is 25.8. The number of hydrogen-bond donors (Lipinski definition) is 1. The van der Waals surface area contributed by atoms with Crippen molar-refractivity contribution in [2.24, 2.45) is 0 Å². The molecule has 1 N–H and O–H groups in total. The molecule has 0 aliphatic carbocycles. The van der Waals surface area contributed by atoms with Crippen LogP contribution in [-0.2, 0) is 0 Å². The molecule has 4 heteroatoms. The van der Waals surface area contributed by atoms with Crippen LogP contribution in [0.5, 0.6) is 0 Å². The summed E-state index contributed by atoms with van der Waals surface area (Å²) in [4.78, 5) is 0. The largest absolute Gasteiger partial charge is 0.355 e. The van der Waals surface area contributed by atoms with E-state index in [0.29, 0.717) is 0 Å². The Hall–Kier alpha value is -6.36. The fourth-order valence-corrected chi connectivity index (χ4v) is 9.42. The summed E-state index contributed by atoms with van der Waals surface area (Å²) >= 11 is 1.90. The monoisotopic (exact) mass is 677 g/mol. The van der Waals surface area contributed by atoms with Crippen LogP contribution in [0.15, 0.2) is 176 Å². The Kier molecular flexibility index (Phi) is 6.55. The second-order valence-electron chi connectivity index (χ2n) is 13.6. The zero-order chi connectivity index (χ0) is 34.2. The first-order valence-electron chi connectivity index (χ1n) is 17.8. The highest BCUT2D eigenvalue weighted by atomic mass is 32.1. The molecule has 1 radical (unpaired) electrons. The quantitative estimate of drug-likeness (QED) is 0.179. The third-order valence-electron chi connectivity index (χ3n) is 10.6. The molecule has 2 aromatic heterocycles. The maximum Gasteiger partial charge on any atom is 0.197 e. The molecule has 0 amide bonds. The van der Waals surface area contributed by atoms with Crippen LogP contribution in [0.1, 0.15) is 0 Å². The van der Waals surface area contributed by atoms with Gasteiger partial charge in [-0.15, -0.1) is 11.3 Å². The number of benzene rings is 8. The van der Waals surface area contributed by atoms with E-state index in [9.17, 15) is 0 Å². The summed E-state index contributed by atoms with van der Waals surface area (Å²) < 4.78 is 5.22. The van der Waals surface area contributed by atoms with E-state index in [1.165, 1.54) is 92.0 Å². The molecule has 0 bridgehead atoms. The highest BCUT2D eigenvalue weighted by Crippen LogP contribution is 2.45. The number of fused-ring (bicyclic) bond motifs is 8. The molecule has 10 aromatic rings. The van der Waals surface area contributed by atoms with Crippen molar-refractivity contribution in [3.8, 4) is 39.1 Å². The van der Waals surface area contributed by atoms with Crippen LogP contribution >= 0.6 is 11.3 Å². The van der Waals surface area contributed by atoms with Crippen molar-refractivity contribution >= 4 is 82.9 Å². The third-order valence-corrected chi connectivity index (χ3v) is 11.8. The fourth-order valence-electron chi connectivity index (χ4n) is 8.20. The maximum atomic E-state index is 3.92. The van der Waals surface area contributed by atoms with Crippen LogP contribution < -0.4 is 16.2 Å². The lowest BCUT2D eigenvalue weighted by Gasteiger charge is -2.26. The zero-order valence-corrected chi connectivity index (χ0v) is 29.0. The van der Waals surface area contributed by atoms with E-state index in [4.69, 9.17) is 0 Å². The SMILES string of the molecule is [B]1c2c(-c3ccc4ccccc4c3Nc3ccc(-c4ccccc4)cc3)cc(-c3ccccc3)cc2-n2c3c1cccc3c1sc3ccccc3c12. The molecule has 11 rings (SSSR count). The average Bonchev–Trinajstić information content (AvgIpc) is 3.75. The van der Waals surface area contributed by atoms with Crippen molar-refractivity contribution in [1.82, 2.24) is 4.57 Å². The molecule has 8 aromatic carbocycles. The fraction of sp³-hybridized carbons (Fsp3) is 0. The highest BCUT2D eigenvalue weighted by molar-refractivity contribution is 7.26. The van der Waals surface area contributed by atoms with Gasteiger partial charge in [0.2, 0.25) is 0 Å². The van der Waals surface area contributed by atoms with Gasteiger partial charge in [-0.1, -0.05) is 151 Å². The summed E-state index contributed by atoms with van der Waals surface area (Å²) in [6.45, 7) is 0. The molecule has 52 heavy (non-hydrogen) atoms. The summed E-state index contributed by atoms with van der Waals surface area (Å²) in [5, 5.41) is 8.94. The lowest BCUT2D eigenvalue weighted by Crippen LogP contribution is -2.37. The molecule has 0 fully saturated rings. The Balaban J connectivity index is 1.18. The van der Waals surface area contributed by atoms with Gasteiger partial charge in [-0.25, -0.2) is 0 Å². The second kappa shape index (κ2) is 11.6. The smallest absolute Gasteiger partial charge is 0.197 e. The van der Waals surface area contributed by atoms with Gasteiger partial charge in [0.15, 0.2) is 7.28 Å². The van der Waals surface area contributed by atoms with E-state index in [1.807, 2.05) is 11.3 Å².